The molecule has 0 aromatic heterocycles. The lowest BCUT2D eigenvalue weighted by molar-refractivity contribution is -0.105. The highest BCUT2D eigenvalue weighted by atomic mass is 32.2. The summed E-state index contributed by atoms with van der Waals surface area (Å²) in [7, 11) is 4.11. The van der Waals surface area contributed by atoms with Crippen LogP contribution in [0.15, 0.2) is 40.4 Å². The van der Waals surface area contributed by atoms with Crippen molar-refractivity contribution in [2.45, 2.75) is 43.4 Å². The summed E-state index contributed by atoms with van der Waals surface area (Å²) in [5.74, 6) is 0.823. The van der Waals surface area contributed by atoms with Crippen LogP contribution in [0.1, 0.15) is 44.1 Å². The van der Waals surface area contributed by atoms with Gasteiger partial charge in [0, 0.05) is 48.6 Å². The number of aldehydes is 1. The number of anilines is 1. The van der Waals surface area contributed by atoms with E-state index in [9.17, 15) is 4.79 Å². The minimum absolute atomic E-state index is 0.823. The molecule has 0 amide bonds. The molecule has 2 aliphatic rings. The first-order chi connectivity index (χ1) is 12.6. The minimum Gasteiger partial charge on any atom is -0.384 e. The normalized spacial score (nSPS) is 18.0. The summed E-state index contributed by atoms with van der Waals surface area (Å²) >= 11 is 1.76. The van der Waals surface area contributed by atoms with Gasteiger partial charge in [0.2, 0.25) is 0 Å². The number of thioether (sulfide) groups is 1. The number of carbonyl (C=O) groups excluding carboxylic acids is 1. The summed E-state index contributed by atoms with van der Waals surface area (Å²) in [6.07, 6.45) is 12.2. The van der Waals surface area contributed by atoms with Crippen LogP contribution in [0.25, 0.3) is 5.57 Å². The molecule has 0 spiro atoms. The van der Waals surface area contributed by atoms with Gasteiger partial charge in [0.1, 0.15) is 6.29 Å². The average Bonchev–Trinajstić information content (AvgIpc) is 3.48. The third-order valence-electron chi connectivity index (χ3n) is 5.16. The molecule has 1 aromatic rings. The standard InChI is InChI=1S/C22H30N2OS/c1-24(2)14-21(19-7-5-4-6-17(19)15-25)20-12-18(26-3)10-11-22(20)23-13-16-8-9-16/h10-12,14-16,23H,4-9,13H2,1-3H3/b21-14+. The lowest BCUT2D eigenvalue weighted by atomic mass is 9.84. The molecule has 0 radical (unpaired) electrons. The Bertz CT molecular complexity index is 717. The van der Waals surface area contributed by atoms with E-state index in [0.717, 1.165) is 50.0 Å². The fourth-order valence-corrected chi connectivity index (χ4v) is 3.98. The summed E-state index contributed by atoms with van der Waals surface area (Å²) in [6.45, 7) is 1.04. The van der Waals surface area contributed by atoms with Crippen molar-refractivity contribution in [3.05, 3.63) is 41.1 Å². The van der Waals surface area contributed by atoms with Gasteiger partial charge in [0.25, 0.3) is 0 Å². The van der Waals surface area contributed by atoms with Gasteiger partial charge in [-0.3, -0.25) is 4.79 Å². The quantitative estimate of drug-likeness (QED) is 0.503. The predicted molar refractivity (Wildman–Crippen MR) is 113 cm³/mol. The molecule has 4 heteroatoms. The van der Waals surface area contributed by atoms with Gasteiger partial charge in [-0.2, -0.15) is 0 Å². The number of nitrogens with one attached hydrogen (secondary N) is 1. The van der Waals surface area contributed by atoms with Gasteiger partial charge in [-0.15, -0.1) is 11.8 Å². The molecule has 0 unspecified atom stereocenters. The van der Waals surface area contributed by atoms with Crippen LogP contribution in [-0.2, 0) is 4.79 Å². The number of hydrogen-bond donors (Lipinski definition) is 1. The molecular formula is C22H30N2OS. The zero-order valence-electron chi connectivity index (χ0n) is 16.2. The molecular weight excluding hydrogens is 340 g/mol. The van der Waals surface area contributed by atoms with Crippen molar-refractivity contribution in [2.75, 3.05) is 32.2 Å². The molecule has 0 heterocycles. The molecule has 3 rings (SSSR count). The third kappa shape index (κ3) is 4.73. The first kappa shape index (κ1) is 19.1. The zero-order valence-corrected chi connectivity index (χ0v) is 17.0. The zero-order chi connectivity index (χ0) is 18.5. The fraction of sp³-hybridized carbons (Fsp3) is 0.500. The predicted octanol–water partition coefficient (Wildman–Crippen LogP) is 5.20. The number of benzene rings is 1. The summed E-state index contributed by atoms with van der Waals surface area (Å²) in [6, 6.07) is 6.67. The van der Waals surface area contributed by atoms with Gasteiger partial charge in [-0.25, -0.2) is 0 Å². The van der Waals surface area contributed by atoms with Gasteiger partial charge in [-0.1, -0.05) is 0 Å². The number of hydrogen-bond acceptors (Lipinski definition) is 4. The molecule has 1 aromatic carbocycles. The minimum atomic E-state index is 0.823. The third-order valence-corrected chi connectivity index (χ3v) is 5.89. The van der Waals surface area contributed by atoms with Crippen LogP contribution in [0.5, 0.6) is 0 Å². The van der Waals surface area contributed by atoms with Crippen LogP contribution in [-0.4, -0.2) is 38.1 Å². The summed E-state index contributed by atoms with van der Waals surface area (Å²) in [5.41, 5.74) is 5.82. The summed E-state index contributed by atoms with van der Waals surface area (Å²) < 4.78 is 0. The van der Waals surface area contributed by atoms with Crippen molar-refractivity contribution < 1.29 is 4.79 Å². The van der Waals surface area contributed by atoms with Crippen molar-refractivity contribution >= 4 is 29.3 Å². The summed E-state index contributed by atoms with van der Waals surface area (Å²) in [5, 5.41) is 3.67. The van der Waals surface area contributed by atoms with Crippen LogP contribution < -0.4 is 5.32 Å². The molecule has 2 aliphatic carbocycles. The first-order valence-corrected chi connectivity index (χ1v) is 10.8. The van der Waals surface area contributed by atoms with Crippen LogP contribution in [0, 0.1) is 5.92 Å². The van der Waals surface area contributed by atoms with Crippen LogP contribution in [0.2, 0.25) is 0 Å². The second-order valence-corrected chi connectivity index (χ2v) is 8.45. The van der Waals surface area contributed by atoms with Crippen molar-refractivity contribution in [1.82, 2.24) is 4.90 Å². The van der Waals surface area contributed by atoms with E-state index in [2.05, 4.69) is 55.0 Å². The molecule has 0 aliphatic heterocycles. The Kier molecular flexibility index (Phi) is 6.47. The van der Waals surface area contributed by atoms with Gasteiger partial charge in [-0.05, 0) is 80.0 Å². The van der Waals surface area contributed by atoms with E-state index in [1.807, 2.05) is 0 Å². The van der Waals surface area contributed by atoms with E-state index >= 15 is 0 Å². The molecule has 1 N–H and O–H groups in total. The van der Waals surface area contributed by atoms with Crippen molar-refractivity contribution in [2.24, 2.45) is 5.92 Å². The van der Waals surface area contributed by atoms with E-state index in [0.29, 0.717) is 0 Å². The van der Waals surface area contributed by atoms with Gasteiger partial charge in [0.05, 0.1) is 0 Å². The molecule has 140 valence electrons. The van der Waals surface area contributed by atoms with E-state index in [1.165, 1.54) is 40.1 Å². The Morgan fingerprint density at radius 1 is 1.27 bits per heavy atom. The Morgan fingerprint density at radius 3 is 2.69 bits per heavy atom. The largest absolute Gasteiger partial charge is 0.384 e. The number of allylic oxidation sites excluding steroid dienone is 3. The molecule has 0 bridgehead atoms. The molecule has 0 saturated heterocycles. The number of nitrogens with zero attached hydrogens (tertiary/aromatic N) is 1. The second-order valence-electron chi connectivity index (χ2n) is 7.57. The van der Waals surface area contributed by atoms with E-state index in [1.54, 1.807) is 11.8 Å². The molecule has 3 nitrogen and oxygen atoms in total. The maximum absolute atomic E-state index is 11.7. The highest BCUT2D eigenvalue weighted by Gasteiger charge is 2.23. The topological polar surface area (TPSA) is 32.3 Å². The van der Waals surface area contributed by atoms with Crippen molar-refractivity contribution in [1.29, 1.82) is 0 Å². The molecule has 1 fully saturated rings. The van der Waals surface area contributed by atoms with E-state index < -0.39 is 0 Å². The fourth-order valence-electron chi connectivity index (χ4n) is 3.54. The van der Waals surface area contributed by atoms with Gasteiger partial charge < -0.3 is 10.2 Å². The van der Waals surface area contributed by atoms with Gasteiger partial charge >= 0.3 is 0 Å². The van der Waals surface area contributed by atoms with E-state index in [-0.39, 0.29) is 0 Å². The second kappa shape index (κ2) is 8.81. The molecule has 1 saturated carbocycles. The Labute approximate surface area is 161 Å². The van der Waals surface area contributed by atoms with Crippen LogP contribution >= 0.6 is 11.8 Å². The smallest absolute Gasteiger partial charge is 0.146 e. The SMILES string of the molecule is CSc1ccc(NCC2CC2)c(/C(=C/N(C)C)C2=C(C=O)CCCC2)c1. The highest BCUT2D eigenvalue weighted by molar-refractivity contribution is 7.98. The summed E-state index contributed by atoms with van der Waals surface area (Å²) in [4.78, 5) is 15.1. The maximum atomic E-state index is 11.7. The lowest BCUT2D eigenvalue weighted by Gasteiger charge is -2.24. The average molecular weight is 371 g/mol. The highest BCUT2D eigenvalue weighted by Crippen LogP contribution is 2.39. The Balaban J connectivity index is 2.07. The number of carbonyl (C=O) groups is 1. The lowest BCUT2D eigenvalue weighted by Crippen LogP contribution is -2.11. The Morgan fingerprint density at radius 2 is 2.04 bits per heavy atom. The molecule has 0 atom stereocenters. The van der Waals surface area contributed by atoms with Crippen LogP contribution in [0.4, 0.5) is 5.69 Å². The van der Waals surface area contributed by atoms with Gasteiger partial charge in [0.15, 0.2) is 0 Å². The van der Waals surface area contributed by atoms with Crippen molar-refractivity contribution in [3.8, 4) is 0 Å². The van der Waals surface area contributed by atoms with E-state index in [4.69, 9.17) is 0 Å². The van der Waals surface area contributed by atoms with Crippen molar-refractivity contribution in [3.63, 3.8) is 0 Å². The maximum Gasteiger partial charge on any atom is 0.146 e. The number of rotatable bonds is 8. The van der Waals surface area contributed by atoms with Crippen LogP contribution in [0.3, 0.4) is 0 Å². The molecule has 26 heavy (non-hydrogen) atoms. The monoisotopic (exact) mass is 370 g/mol. The first-order valence-electron chi connectivity index (χ1n) is 9.60. The Hall–Kier alpha value is -1.68.